The summed E-state index contributed by atoms with van der Waals surface area (Å²) in [4.78, 5) is 45.8. The lowest BCUT2D eigenvalue weighted by molar-refractivity contribution is -0.153. The number of esters is 1. The molecule has 3 fully saturated rings. The minimum atomic E-state index is -0.926. The number of aliphatic hydroxyl groups excluding tert-OH is 1. The van der Waals surface area contributed by atoms with Crippen LogP contribution in [-0.2, 0) is 25.5 Å². The normalized spacial score (nSPS) is 28.2. The molecule has 0 aromatic heterocycles. The average Bonchev–Trinajstić information content (AvgIpc) is 3.61. The maximum Gasteiger partial charge on any atom is 0.311 e. The van der Waals surface area contributed by atoms with Gasteiger partial charge in [0.15, 0.2) is 0 Å². The zero-order valence-electron chi connectivity index (χ0n) is 23.4. The SMILES string of the molecule is C=CCOC(=O)[C@H]1[C@@H]2SC3(CC2Br)C(C(=O)N(CC=C)c2ccc(OC)cc2)N([C@@H](CO)Cc2ccccc2)C(=O)[C@H]13. The summed E-state index contributed by atoms with van der Waals surface area (Å²) in [6.07, 6.45) is 4.02. The highest BCUT2D eigenvalue weighted by atomic mass is 79.9. The molecule has 0 radical (unpaired) electrons. The van der Waals surface area contributed by atoms with Gasteiger partial charge in [-0.2, -0.15) is 0 Å². The van der Waals surface area contributed by atoms with Gasteiger partial charge >= 0.3 is 5.97 Å². The molecule has 0 aliphatic carbocycles. The molecule has 3 aliphatic heterocycles. The predicted molar refractivity (Wildman–Crippen MR) is 167 cm³/mol. The monoisotopic (exact) mass is 654 g/mol. The molecule has 8 nitrogen and oxygen atoms in total. The molecule has 10 heteroatoms. The molecule has 2 amide bonds. The number of nitrogens with zero attached hydrogens (tertiary/aromatic N) is 2. The van der Waals surface area contributed by atoms with Gasteiger partial charge in [0, 0.05) is 22.3 Å². The average molecular weight is 656 g/mol. The van der Waals surface area contributed by atoms with Gasteiger partial charge in [-0.3, -0.25) is 14.4 Å². The number of benzene rings is 2. The molecule has 1 spiro atoms. The van der Waals surface area contributed by atoms with Crippen LogP contribution in [0.5, 0.6) is 5.75 Å². The summed E-state index contributed by atoms with van der Waals surface area (Å²) in [7, 11) is 1.58. The Labute approximate surface area is 258 Å². The van der Waals surface area contributed by atoms with Crippen LogP contribution in [0.4, 0.5) is 5.69 Å². The number of carbonyl (C=O) groups excluding carboxylic acids is 3. The largest absolute Gasteiger partial charge is 0.497 e. The third kappa shape index (κ3) is 5.18. The van der Waals surface area contributed by atoms with E-state index in [9.17, 15) is 19.5 Å². The van der Waals surface area contributed by atoms with Crippen molar-refractivity contribution in [3.05, 3.63) is 85.5 Å². The molecule has 2 aromatic carbocycles. The first-order valence-corrected chi connectivity index (χ1v) is 15.7. The standard InChI is InChI=1S/C32H35BrN2O6S/c1-4-15-34(21-11-13-23(40-3)14-12-21)30(38)28-32-18-24(33)27(42-32)25(31(39)41-16-5-2)26(32)29(37)35(28)22(19-36)17-20-9-7-6-8-10-20/h4-14,22,24-28,36H,1-2,15-19H2,3H3/t22-,24?,25-,26+,27-,28?,32?/m1/s1. The Morgan fingerprint density at radius 3 is 2.52 bits per heavy atom. The number of amides is 2. The van der Waals surface area contributed by atoms with Gasteiger partial charge < -0.3 is 24.4 Å². The van der Waals surface area contributed by atoms with E-state index in [0.29, 0.717) is 24.3 Å². The number of halogens is 1. The summed E-state index contributed by atoms with van der Waals surface area (Å²) >= 11 is 5.30. The van der Waals surface area contributed by atoms with Gasteiger partial charge in [0.1, 0.15) is 18.4 Å². The Morgan fingerprint density at radius 1 is 1.19 bits per heavy atom. The Balaban J connectivity index is 1.61. The molecule has 222 valence electrons. The van der Waals surface area contributed by atoms with Crippen LogP contribution in [0.2, 0.25) is 0 Å². The molecule has 3 heterocycles. The molecule has 2 aromatic rings. The molecule has 5 rings (SSSR count). The highest BCUT2D eigenvalue weighted by Crippen LogP contribution is 2.68. The zero-order valence-corrected chi connectivity index (χ0v) is 25.8. The lowest BCUT2D eigenvalue weighted by Gasteiger charge is -2.40. The number of hydrogen-bond donors (Lipinski definition) is 1. The van der Waals surface area contributed by atoms with Crippen molar-refractivity contribution in [1.29, 1.82) is 0 Å². The smallest absolute Gasteiger partial charge is 0.311 e. The fourth-order valence-corrected chi connectivity index (χ4v) is 10.3. The van der Waals surface area contributed by atoms with Crippen molar-refractivity contribution in [2.24, 2.45) is 11.8 Å². The van der Waals surface area contributed by atoms with E-state index in [0.717, 1.165) is 5.56 Å². The molecular formula is C32H35BrN2O6S. The highest BCUT2D eigenvalue weighted by Gasteiger charge is 2.76. The number of fused-ring (bicyclic) bond motifs is 1. The molecule has 0 saturated carbocycles. The van der Waals surface area contributed by atoms with Crippen molar-refractivity contribution in [1.82, 2.24) is 4.90 Å². The second-order valence-electron chi connectivity index (χ2n) is 10.8. The van der Waals surface area contributed by atoms with Gasteiger partial charge in [0.25, 0.3) is 5.91 Å². The molecule has 3 saturated heterocycles. The van der Waals surface area contributed by atoms with Crippen LogP contribution >= 0.6 is 27.7 Å². The summed E-state index contributed by atoms with van der Waals surface area (Å²) in [6.45, 7) is 7.43. The van der Waals surface area contributed by atoms with E-state index in [1.54, 1.807) is 47.3 Å². The summed E-state index contributed by atoms with van der Waals surface area (Å²) in [6, 6.07) is 15.1. The van der Waals surface area contributed by atoms with E-state index in [-0.39, 0.29) is 41.6 Å². The molecule has 3 aliphatic rings. The number of alkyl halides is 1. The third-order valence-corrected chi connectivity index (χ3v) is 11.7. The molecular weight excluding hydrogens is 620 g/mol. The van der Waals surface area contributed by atoms with Crippen LogP contribution in [0.15, 0.2) is 79.9 Å². The minimum absolute atomic E-state index is 0.0392. The summed E-state index contributed by atoms with van der Waals surface area (Å²) in [5.41, 5.74) is 1.56. The van der Waals surface area contributed by atoms with Crippen LogP contribution in [0, 0.1) is 11.8 Å². The number of likely N-dealkylation sites (tertiary alicyclic amines) is 1. The van der Waals surface area contributed by atoms with Gasteiger partial charge in [-0.1, -0.05) is 65.0 Å². The summed E-state index contributed by atoms with van der Waals surface area (Å²) in [5.74, 6) is -1.89. The molecule has 7 atom stereocenters. The number of aliphatic hydroxyl groups is 1. The van der Waals surface area contributed by atoms with Crippen molar-refractivity contribution in [2.75, 3.05) is 31.8 Å². The Morgan fingerprint density at radius 2 is 1.90 bits per heavy atom. The van der Waals surface area contributed by atoms with Crippen LogP contribution < -0.4 is 9.64 Å². The first-order valence-electron chi connectivity index (χ1n) is 13.9. The van der Waals surface area contributed by atoms with Gasteiger partial charge in [0.05, 0.1) is 36.3 Å². The lowest BCUT2D eigenvalue weighted by Crippen LogP contribution is -2.58. The first kappa shape index (κ1) is 30.4. The van der Waals surface area contributed by atoms with Crippen molar-refractivity contribution in [3.8, 4) is 5.75 Å². The highest BCUT2D eigenvalue weighted by molar-refractivity contribution is 9.09. The molecule has 2 bridgehead atoms. The number of methoxy groups -OCH3 is 1. The maximum atomic E-state index is 14.8. The van der Waals surface area contributed by atoms with Crippen LogP contribution in [-0.4, -0.2) is 81.6 Å². The van der Waals surface area contributed by atoms with Gasteiger partial charge in [-0.05, 0) is 42.7 Å². The first-order chi connectivity index (χ1) is 20.3. The van der Waals surface area contributed by atoms with Crippen molar-refractivity contribution < 1.29 is 29.0 Å². The summed E-state index contributed by atoms with van der Waals surface area (Å²) in [5, 5.41) is 10.5. The molecule has 1 N–H and O–H groups in total. The van der Waals surface area contributed by atoms with E-state index in [1.807, 2.05) is 30.3 Å². The van der Waals surface area contributed by atoms with E-state index in [2.05, 4.69) is 29.1 Å². The molecule has 42 heavy (non-hydrogen) atoms. The fraction of sp³-hybridized carbons (Fsp3) is 0.406. The maximum absolute atomic E-state index is 14.8. The van der Waals surface area contributed by atoms with E-state index in [4.69, 9.17) is 9.47 Å². The minimum Gasteiger partial charge on any atom is -0.497 e. The number of rotatable bonds is 12. The van der Waals surface area contributed by atoms with Gasteiger partial charge in [-0.25, -0.2) is 0 Å². The number of ether oxygens (including phenoxy) is 2. The number of thioether (sulfide) groups is 1. The lowest BCUT2D eigenvalue weighted by atomic mass is 9.71. The Hall–Kier alpha value is -3.08. The second kappa shape index (κ2) is 12.7. The van der Waals surface area contributed by atoms with E-state index >= 15 is 0 Å². The summed E-state index contributed by atoms with van der Waals surface area (Å²) < 4.78 is 9.91. The van der Waals surface area contributed by atoms with Gasteiger partial charge in [-0.15, -0.1) is 18.3 Å². The number of carbonyl (C=O) groups is 3. The van der Waals surface area contributed by atoms with Crippen LogP contribution in [0.1, 0.15) is 12.0 Å². The van der Waals surface area contributed by atoms with Crippen LogP contribution in [0.25, 0.3) is 0 Å². The number of anilines is 1. The van der Waals surface area contributed by atoms with Crippen molar-refractivity contribution in [3.63, 3.8) is 0 Å². The van der Waals surface area contributed by atoms with Gasteiger partial charge in [0.2, 0.25) is 5.91 Å². The predicted octanol–water partition coefficient (Wildman–Crippen LogP) is 4.01. The van der Waals surface area contributed by atoms with Crippen LogP contribution in [0.3, 0.4) is 0 Å². The Bertz CT molecular complexity index is 1340. The van der Waals surface area contributed by atoms with Crippen molar-refractivity contribution >= 4 is 51.2 Å². The topological polar surface area (TPSA) is 96.4 Å². The number of hydrogen-bond acceptors (Lipinski definition) is 7. The third-order valence-electron chi connectivity index (χ3n) is 8.46. The quantitative estimate of drug-likeness (QED) is 0.210. The fourth-order valence-electron chi connectivity index (χ4n) is 6.75. The van der Waals surface area contributed by atoms with E-state index < -0.39 is 34.6 Å². The van der Waals surface area contributed by atoms with E-state index in [1.165, 1.54) is 17.8 Å². The van der Waals surface area contributed by atoms with Crippen molar-refractivity contribution in [2.45, 2.75) is 39.7 Å². The molecule has 3 unspecified atom stereocenters. The second-order valence-corrected chi connectivity index (χ2v) is 13.5. The Kier molecular flexibility index (Phi) is 9.15. The zero-order chi connectivity index (χ0) is 30.0.